The van der Waals surface area contributed by atoms with Gasteiger partial charge in [0.25, 0.3) is 0 Å². The van der Waals surface area contributed by atoms with Gasteiger partial charge in [0.1, 0.15) is 17.2 Å². The number of amides is 2. The van der Waals surface area contributed by atoms with Gasteiger partial charge in [-0.3, -0.25) is 4.79 Å². The van der Waals surface area contributed by atoms with Gasteiger partial charge in [0.05, 0.1) is 4.90 Å². The predicted molar refractivity (Wildman–Crippen MR) is 133 cm³/mol. The molecule has 2 heterocycles. The van der Waals surface area contributed by atoms with E-state index >= 15 is 0 Å². The number of thioether (sulfide) groups is 1. The van der Waals surface area contributed by atoms with Crippen LogP contribution < -0.4 is 10.6 Å². The Kier molecular flexibility index (Phi) is 6.30. The van der Waals surface area contributed by atoms with Gasteiger partial charge in [0.15, 0.2) is 0 Å². The predicted octanol–water partition coefficient (Wildman–Crippen LogP) is 4.09. The molecule has 3 aromatic rings. The number of hydrogen-bond acceptors (Lipinski definition) is 6. The van der Waals surface area contributed by atoms with Gasteiger partial charge < -0.3 is 20.2 Å². The van der Waals surface area contributed by atoms with Crippen LogP contribution in [0.3, 0.4) is 0 Å². The Hall–Kier alpha value is -2.76. The molecule has 1 aliphatic rings. The van der Waals surface area contributed by atoms with E-state index in [2.05, 4.69) is 10.6 Å². The van der Waals surface area contributed by atoms with Crippen molar-refractivity contribution in [1.82, 2.24) is 9.62 Å². The standard InChI is InChI=1S/C23H27N3O6S2/c1-13(2)24-22(29)25-14-5-7-16-17-12-15(6-8-18(17)32-19(16)11-14)34(30,31)26-9-10-33-23(3,4)20(26)21(27)28/h5-8,11-13,20H,9-10H2,1-4H3,(H,27,28)(H2,24,25,29)/t20-/m0/s1. The number of fused-ring (bicyclic) bond motifs is 3. The van der Waals surface area contributed by atoms with Gasteiger partial charge >= 0.3 is 12.0 Å². The number of carbonyl (C=O) groups excluding carboxylic acids is 1. The van der Waals surface area contributed by atoms with Gasteiger partial charge in [-0.25, -0.2) is 13.2 Å². The van der Waals surface area contributed by atoms with Gasteiger partial charge in [-0.15, -0.1) is 0 Å². The number of nitrogens with zero attached hydrogens (tertiary/aromatic N) is 1. The number of anilines is 1. The zero-order chi connectivity index (χ0) is 24.8. The molecule has 0 unspecified atom stereocenters. The van der Waals surface area contributed by atoms with Crippen molar-refractivity contribution < 1.29 is 27.5 Å². The van der Waals surface area contributed by atoms with Crippen molar-refractivity contribution >= 4 is 61.4 Å². The third-order valence-corrected chi connectivity index (χ3v) is 8.91. The maximum absolute atomic E-state index is 13.5. The molecule has 3 N–H and O–H groups in total. The second-order valence-corrected chi connectivity index (χ2v) is 12.7. The van der Waals surface area contributed by atoms with Crippen molar-refractivity contribution in [3.8, 4) is 0 Å². The van der Waals surface area contributed by atoms with E-state index in [0.29, 0.717) is 33.4 Å². The van der Waals surface area contributed by atoms with Gasteiger partial charge in [-0.1, -0.05) is 0 Å². The van der Waals surface area contributed by atoms with Gasteiger partial charge in [-0.05, 0) is 58.0 Å². The topological polar surface area (TPSA) is 129 Å². The molecule has 9 nitrogen and oxygen atoms in total. The highest BCUT2D eigenvalue weighted by atomic mass is 32.2. The average molecular weight is 506 g/mol. The lowest BCUT2D eigenvalue weighted by molar-refractivity contribution is -0.142. The Morgan fingerprint density at radius 2 is 1.88 bits per heavy atom. The molecule has 182 valence electrons. The Labute approximate surface area is 201 Å². The van der Waals surface area contributed by atoms with Crippen LogP contribution in [0, 0.1) is 0 Å². The fourth-order valence-electron chi connectivity index (χ4n) is 4.19. The second kappa shape index (κ2) is 8.79. The monoisotopic (exact) mass is 505 g/mol. The maximum atomic E-state index is 13.5. The third-order valence-electron chi connectivity index (χ3n) is 5.69. The van der Waals surface area contributed by atoms with E-state index in [1.54, 1.807) is 38.1 Å². The van der Waals surface area contributed by atoms with Crippen LogP contribution in [0.15, 0.2) is 45.7 Å². The smallest absolute Gasteiger partial charge is 0.323 e. The first-order chi connectivity index (χ1) is 15.9. The number of furan rings is 1. The molecule has 0 bridgehead atoms. The lowest BCUT2D eigenvalue weighted by Gasteiger charge is -2.42. The van der Waals surface area contributed by atoms with E-state index in [1.165, 1.54) is 23.9 Å². The summed E-state index contributed by atoms with van der Waals surface area (Å²) in [5.74, 6) is -0.662. The fraction of sp³-hybridized carbons (Fsp3) is 0.391. The summed E-state index contributed by atoms with van der Waals surface area (Å²) in [4.78, 5) is 24.0. The van der Waals surface area contributed by atoms with E-state index in [9.17, 15) is 23.1 Å². The maximum Gasteiger partial charge on any atom is 0.323 e. The molecule has 0 saturated carbocycles. The lowest BCUT2D eigenvalue weighted by Crippen LogP contribution is -2.58. The molecule has 1 saturated heterocycles. The summed E-state index contributed by atoms with van der Waals surface area (Å²) >= 11 is 1.45. The number of hydrogen-bond donors (Lipinski definition) is 3. The van der Waals surface area contributed by atoms with Gasteiger partial charge in [0.2, 0.25) is 10.0 Å². The average Bonchev–Trinajstić information content (AvgIpc) is 3.08. The SMILES string of the molecule is CC(C)NC(=O)Nc1ccc2c(c1)oc1ccc(S(=O)(=O)N3CCSC(C)(C)[C@@H]3C(=O)O)cc12. The summed E-state index contributed by atoms with van der Waals surface area (Å²) in [6, 6.07) is 8.13. The highest BCUT2D eigenvalue weighted by molar-refractivity contribution is 8.00. The summed E-state index contributed by atoms with van der Waals surface area (Å²) in [6.45, 7) is 7.33. The Balaban J connectivity index is 1.72. The molecule has 1 fully saturated rings. The minimum Gasteiger partial charge on any atom is -0.480 e. The number of carboxylic acids is 1. The normalized spacial score (nSPS) is 18.9. The molecule has 0 aliphatic carbocycles. The molecular formula is C23H27N3O6S2. The summed E-state index contributed by atoms with van der Waals surface area (Å²) in [5, 5.41) is 16.6. The van der Waals surface area contributed by atoms with Crippen LogP contribution in [0.2, 0.25) is 0 Å². The van der Waals surface area contributed by atoms with Crippen molar-refractivity contribution in [3.05, 3.63) is 36.4 Å². The number of sulfonamides is 1. The molecule has 4 rings (SSSR count). The number of carboxylic acid groups (broad SMARTS) is 1. The molecule has 1 atom stereocenters. The number of nitrogens with one attached hydrogen (secondary N) is 2. The van der Waals surface area contributed by atoms with Crippen LogP contribution in [-0.4, -0.2) is 59.0 Å². The largest absolute Gasteiger partial charge is 0.480 e. The first kappa shape index (κ1) is 24.4. The Morgan fingerprint density at radius 3 is 2.56 bits per heavy atom. The van der Waals surface area contributed by atoms with Crippen molar-refractivity contribution in [2.75, 3.05) is 17.6 Å². The number of urea groups is 1. The molecule has 0 spiro atoms. The first-order valence-corrected chi connectivity index (χ1v) is 13.2. The lowest BCUT2D eigenvalue weighted by atomic mass is 10.0. The molecule has 2 aromatic carbocycles. The first-order valence-electron chi connectivity index (χ1n) is 10.8. The molecule has 11 heteroatoms. The van der Waals surface area contributed by atoms with Crippen LogP contribution in [0.4, 0.5) is 10.5 Å². The van der Waals surface area contributed by atoms with Crippen molar-refractivity contribution in [3.63, 3.8) is 0 Å². The molecule has 2 amide bonds. The van der Waals surface area contributed by atoms with Crippen LogP contribution >= 0.6 is 11.8 Å². The Bertz CT molecular complexity index is 1380. The highest BCUT2D eigenvalue weighted by Crippen LogP contribution is 2.39. The van der Waals surface area contributed by atoms with Crippen molar-refractivity contribution in [2.24, 2.45) is 0 Å². The number of benzene rings is 2. The summed E-state index contributed by atoms with van der Waals surface area (Å²) in [5.41, 5.74) is 1.52. The zero-order valence-electron chi connectivity index (χ0n) is 19.3. The van der Waals surface area contributed by atoms with Gasteiger partial charge in [-0.2, -0.15) is 16.1 Å². The number of rotatable bonds is 5. The van der Waals surface area contributed by atoms with Crippen molar-refractivity contribution in [2.45, 2.75) is 49.4 Å². The van der Waals surface area contributed by atoms with E-state index < -0.39 is 26.8 Å². The van der Waals surface area contributed by atoms with E-state index in [0.717, 1.165) is 4.31 Å². The number of aliphatic carboxylic acids is 1. The zero-order valence-corrected chi connectivity index (χ0v) is 20.9. The van der Waals surface area contributed by atoms with Crippen LogP contribution in [0.1, 0.15) is 27.7 Å². The Morgan fingerprint density at radius 1 is 1.15 bits per heavy atom. The van der Waals surface area contributed by atoms with E-state index in [4.69, 9.17) is 4.42 Å². The van der Waals surface area contributed by atoms with Crippen LogP contribution in [0.25, 0.3) is 21.9 Å². The van der Waals surface area contributed by atoms with Crippen molar-refractivity contribution in [1.29, 1.82) is 0 Å². The van der Waals surface area contributed by atoms with Crippen LogP contribution in [-0.2, 0) is 14.8 Å². The molecular weight excluding hydrogens is 478 g/mol. The molecule has 34 heavy (non-hydrogen) atoms. The summed E-state index contributed by atoms with van der Waals surface area (Å²) < 4.78 is 33.2. The van der Waals surface area contributed by atoms with E-state index in [-0.39, 0.29) is 23.5 Å². The molecule has 1 aromatic heterocycles. The third kappa shape index (κ3) is 4.47. The highest BCUT2D eigenvalue weighted by Gasteiger charge is 2.48. The van der Waals surface area contributed by atoms with Gasteiger partial charge in [0, 0.05) is 45.6 Å². The summed E-state index contributed by atoms with van der Waals surface area (Å²) in [7, 11) is -4.07. The minimum absolute atomic E-state index is 0.00941. The molecule has 0 radical (unpaired) electrons. The minimum atomic E-state index is -4.07. The quantitative estimate of drug-likeness (QED) is 0.476. The number of carbonyl (C=O) groups is 2. The second-order valence-electron chi connectivity index (χ2n) is 9.03. The molecule has 1 aliphatic heterocycles. The fourth-order valence-corrected chi connectivity index (χ4v) is 7.32. The van der Waals surface area contributed by atoms with Crippen LogP contribution in [0.5, 0.6) is 0 Å². The summed E-state index contributed by atoms with van der Waals surface area (Å²) in [6.07, 6.45) is 0. The van der Waals surface area contributed by atoms with E-state index in [1.807, 2.05) is 13.8 Å².